The predicted molar refractivity (Wildman–Crippen MR) is 73.5 cm³/mol. The van der Waals surface area contributed by atoms with E-state index in [1.165, 1.54) is 0 Å². The molecular weight excluding hydrogens is 264 g/mol. The maximum absolute atomic E-state index is 11.9. The minimum Gasteiger partial charge on any atom is -0.420 e. The summed E-state index contributed by atoms with van der Waals surface area (Å²) >= 11 is 5.92. The topological polar surface area (TPSA) is 55.0 Å². The van der Waals surface area contributed by atoms with Gasteiger partial charge in [0, 0.05) is 5.69 Å². The Morgan fingerprint density at radius 2 is 2.16 bits per heavy atom. The van der Waals surface area contributed by atoms with Crippen molar-refractivity contribution in [1.29, 1.82) is 0 Å². The fourth-order valence-corrected chi connectivity index (χ4v) is 1.86. The smallest absolute Gasteiger partial charge is 0.364 e. The molecule has 1 aromatic carbocycles. The van der Waals surface area contributed by atoms with E-state index in [9.17, 15) is 4.79 Å². The summed E-state index contributed by atoms with van der Waals surface area (Å²) in [6.07, 6.45) is 0.840. The highest BCUT2D eigenvalue weighted by Gasteiger charge is 2.14. The van der Waals surface area contributed by atoms with E-state index < -0.39 is 5.97 Å². The monoisotopic (exact) mass is 278 g/mol. The average Bonchev–Trinajstić information content (AvgIpc) is 2.79. The fourth-order valence-electron chi connectivity index (χ4n) is 1.69. The zero-order valence-corrected chi connectivity index (χ0v) is 11.6. The van der Waals surface area contributed by atoms with E-state index in [0.29, 0.717) is 16.7 Å². The molecule has 1 N–H and O–H groups in total. The van der Waals surface area contributed by atoms with Crippen LogP contribution in [0.1, 0.15) is 30.0 Å². The summed E-state index contributed by atoms with van der Waals surface area (Å²) in [7, 11) is 0. The first-order chi connectivity index (χ1) is 9.06. The molecule has 2 aromatic rings. The molecular formula is C14H15ClN2O2. The number of nitrogens with zero attached hydrogens (tertiary/aromatic N) is 1. The van der Waals surface area contributed by atoms with Gasteiger partial charge in [0.1, 0.15) is 5.75 Å². The number of aromatic amines is 1. The van der Waals surface area contributed by atoms with Crippen molar-refractivity contribution < 1.29 is 9.53 Å². The Morgan fingerprint density at radius 3 is 2.84 bits per heavy atom. The van der Waals surface area contributed by atoms with Crippen molar-refractivity contribution in [3.05, 3.63) is 46.7 Å². The van der Waals surface area contributed by atoms with E-state index in [1.807, 2.05) is 0 Å². The first kappa shape index (κ1) is 13.6. The second-order valence-electron chi connectivity index (χ2n) is 4.70. The number of esters is 1. The number of aromatic nitrogens is 2. The third-order valence-electron chi connectivity index (χ3n) is 2.51. The molecule has 0 aliphatic carbocycles. The summed E-state index contributed by atoms with van der Waals surface area (Å²) in [6.45, 7) is 4.20. The maximum Gasteiger partial charge on any atom is 0.364 e. The highest BCUT2D eigenvalue weighted by molar-refractivity contribution is 6.32. The SMILES string of the molecule is CC(C)Cc1cc(C(=O)Oc2ccccc2Cl)n[nH]1. The molecule has 1 aromatic heterocycles. The number of ether oxygens (including phenoxy) is 1. The van der Waals surface area contributed by atoms with Gasteiger partial charge in [0.2, 0.25) is 0 Å². The molecule has 0 atom stereocenters. The van der Waals surface area contributed by atoms with Crippen molar-refractivity contribution in [2.24, 2.45) is 5.92 Å². The molecule has 1 heterocycles. The van der Waals surface area contributed by atoms with Gasteiger partial charge in [-0.15, -0.1) is 0 Å². The molecule has 0 radical (unpaired) electrons. The van der Waals surface area contributed by atoms with Crippen LogP contribution >= 0.6 is 11.6 Å². The molecule has 0 spiro atoms. The van der Waals surface area contributed by atoms with E-state index >= 15 is 0 Å². The largest absolute Gasteiger partial charge is 0.420 e. The molecule has 19 heavy (non-hydrogen) atoms. The fraction of sp³-hybridized carbons (Fsp3) is 0.286. The van der Waals surface area contributed by atoms with Crippen molar-refractivity contribution in [3.8, 4) is 5.75 Å². The Kier molecular flexibility index (Phi) is 4.22. The summed E-state index contributed by atoms with van der Waals surface area (Å²) in [5.74, 6) is 0.315. The number of rotatable bonds is 4. The number of hydrogen-bond donors (Lipinski definition) is 1. The van der Waals surface area contributed by atoms with Gasteiger partial charge >= 0.3 is 5.97 Å². The van der Waals surface area contributed by atoms with Crippen LogP contribution in [0.3, 0.4) is 0 Å². The van der Waals surface area contributed by atoms with Crippen LogP contribution in [0, 0.1) is 5.92 Å². The van der Waals surface area contributed by atoms with Crippen LogP contribution in [0.4, 0.5) is 0 Å². The first-order valence-corrected chi connectivity index (χ1v) is 6.45. The van der Waals surface area contributed by atoms with Crippen molar-refractivity contribution in [1.82, 2.24) is 10.2 Å². The van der Waals surface area contributed by atoms with Crippen LogP contribution in [-0.4, -0.2) is 16.2 Å². The van der Waals surface area contributed by atoms with Gasteiger partial charge in [0.25, 0.3) is 0 Å². The third kappa shape index (κ3) is 3.58. The lowest BCUT2D eigenvalue weighted by Crippen LogP contribution is -2.09. The normalized spacial score (nSPS) is 10.7. The molecule has 0 unspecified atom stereocenters. The summed E-state index contributed by atoms with van der Waals surface area (Å²) in [5, 5.41) is 7.18. The number of halogens is 1. The molecule has 0 aliphatic rings. The van der Waals surface area contributed by atoms with E-state index in [4.69, 9.17) is 16.3 Å². The maximum atomic E-state index is 11.9. The Hall–Kier alpha value is -1.81. The van der Waals surface area contributed by atoms with Gasteiger partial charge in [0.05, 0.1) is 5.02 Å². The summed E-state index contributed by atoms with van der Waals surface area (Å²) in [4.78, 5) is 11.9. The van der Waals surface area contributed by atoms with E-state index in [-0.39, 0.29) is 5.69 Å². The Labute approximate surface area is 116 Å². The van der Waals surface area contributed by atoms with Crippen LogP contribution in [0.25, 0.3) is 0 Å². The first-order valence-electron chi connectivity index (χ1n) is 6.07. The molecule has 0 fully saturated rings. The van der Waals surface area contributed by atoms with Crippen LogP contribution in [0.15, 0.2) is 30.3 Å². The lowest BCUT2D eigenvalue weighted by molar-refractivity contribution is 0.0728. The van der Waals surface area contributed by atoms with Crippen LogP contribution in [0.2, 0.25) is 5.02 Å². The number of benzene rings is 1. The minimum absolute atomic E-state index is 0.260. The van der Waals surface area contributed by atoms with Gasteiger partial charge in [0.15, 0.2) is 5.69 Å². The summed E-state index contributed by atoms with van der Waals surface area (Å²) in [6, 6.07) is 8.54. The highest BCUT2D eigenvalue weighted by Crippen LogP contribution is 2.24. The van der Waals surface area contributed by atoms with Gasteiger partial charge in [-0.2, -0.15) is 5.10 Å². The molecule has 0 saturated carbocycles. The molecule has 0 aliphatic heterocycles. The number of hydrogen-bond acceptors (Lipinski definition) is 3. The number of nitrogens with one attached hydrogen (secondary N) is 1. The second-order valence-corrected chi connectivity index (χ2v) is 5.10. The molecule has 0 amide bonds. The van der Waals surface area contributed by atoms with Gasteiger partial charge in [-0.1, -0.05) is 37.6 Å². The van der Waals surface area contributed by atoms with E-state index in [0.717, 1.165) is 12.1 Å². The van der Waals surface area contributed by atoms with Crippen LogP contribution in [0.5, 0.6) is 5.75 Å². The molecule has 5 heteroatoms. The van der Waals surface area contributed by atoms with Gasteiger partial charge in [-0.3, -0.25) is 5.10 Å². The average molecular weight is 279 g/mol. The van der Waals surface area contributed by atoms with Gasteiger partial charge in [-0.05, 0) is 30.5 Å². The van der Waals surface area contributed by atoms with Crippen LogP contribution in [-0.2, 0) is 6.42 Å². The molecule has 2 rings (SSSR count). The van der Waals surface area contributed by atoms with Crippen molar-refractivity contribution in [2.75, 3.05) is 0 Å². The third-order valence-corrected chi connectivity index (χ3v) is 2.82. The van der Waals surface area contributed by atoms with Crippen molar-refractivity contribution in [2.45, 2.75) is 20.3 Å². The van der Waals surface area contributed by atoms with Crippen molar-refractivity contribution >= 4 is 17.6 Å². The second kappa shape index (κ2) is 5.89. The quantitative estimate of drug-likeness (QED) is 0.688. The lowest BCUT2D eigenvalue weighted by Gasteiger charge is -2.03. The van der Waals surface area contributed by atoms with E-state index in [1.54, 1.807) is 30.3 Å². The molecule has 0 saturated heterocycles. The minimum atomic E-state index is -0.514. The van der Waals surface area contributed by atoms with E-state index in [2.05, 4.69) is 24.0 Å². The molecule has 100 valence electrons. The highest BCUT2D eigenvalue weighted by atomic mass is 35.5. The number of carbonyl (C=O) groups excluding carboxylic acids is 1. The Balaban J connectivity index is 2.08. The molecule has 0 bridgehead atoms. The lowest BCUT2D eigenvalue weighted by atomic mass is 10.1. The van der Waals surface area contributed by atoms with Gasteiger partial charge < -0.3 is 4.74 Å². The van der Waals surface area contributed by atoms with Crippen molar-refractivity contribution in [3.63, 3.8) is 0 Å². The van der Waals surface area contributed by atoms with Crippen LogP contribution < -0.4 is 4.74 Å². The van der Waals surface area contributed by atoms with Gasteiger partial charge in [-0.25, -0.2) is 4.79 Å². The zero-order chi connectivity index (χ0) is 13.8. The Morgan fingerprint density at radius 1 is 1.42 bits per heavy atom. The number of carbonyl (C=O) groups is 1. The zero-order valence-electron chi connectivity index (χ0n) is 10.8. The molecule has 4 nitrogen and oxygen atoms in total. The Bertz CT molecular complexity index is 578. The number of H-pyrrole nitrogens is 1. The summed E-state index contributed by atoms with van der Waals surface area (Å²) < 4.78 is 5.20. The number of para-hydroxylation sites is 1. The summed E-state index contributed by atoms with van der Waals surface area (Å²) in [5.41, 5.74) is 1.18. The predicted octanol–water partition coefficient (Wildman–Crippen LogP) is 3.48. The standard InChI is InChI=1S/C14H15ClN2O2/c1-9(2)7-10-8-12(17-16-10)14(18)19-13-6-4-3-5-11(13)15/h3-6,8-9H,7H2,1-2H3,(H,16,17).